The fraction of sp³-hybridized carbons (Fsp3) is 0.409. The van der Waals surface area contributed by atoms with E-state index in [4.69, 9.17) is 10.5 Å². The fourth-order valence-corrected chi connectivity index (χ4v) is 5.46. The number of amides is 2. The molecule has 1 aromatic heterocycles. The maximum atomic E-state index is 12.5. The third-order valence-corrected chi connectivity index (χ3v) is 6.80. The Bertz CT molecular complexity index is 995. The van der Waals surface area contributed by atoms with Gasteiger partial charge in [-0.15, -0.1) is 11.3 Å². The Balaban J connectivity index is 1.37. The molecule has 6 nitrogen and oxygen atoms in total. The first-order chi connectivity index (χ1) is 13.9. The van der Waals surface area contributed by atoms with Crippen LogP contribution in [-0.2, 0) is 46.4 Å². The Kier molecular flexibility index (Phi) is 5.41. The fourth-order valence-electron chi connectivity index (χ4n) is 4.16. The molecule has 0 unspecified atom stereocenters. The van der Waals surface area contributed by atoms with Crippen LogP contribution >= 0.6 is 11.3 Å². The molecule has 0 saturated carbocycles. The molecule has 152 valence electrons. The van der Waals surface area contributed by atoms with Crippen LogP contribution < -0.4 is 11.1 Å². The molecule has 2 aliphatic rings. The second-order valence-electron chi connectivity index (χ2n) is 7.68. The lowest BCUT2D eigenvalue weighted by Crippen LogP contribution is -2.31. The van der Waals surface area contributed by atoms with Crippen LogP contribution in [0.3, 0.4) is 0 Å². The van der Waals surface area contributed by atoms with Crippen LogP contribution in [0.25, 0.3) is 0 Å². The van der Waals surface area contributed by atoms with Gasteiger partial charge in [0.1, 0.15) is 5.00 Å². The average molecular weight is 413 g/mol. The zero-order valence-corrected chi connectivity index (χ0v) is 17.2. The summed E-state index contributed by atoms with van der Waals surface area (Å²) >= 11 is 1.38. The average Bonchev–Trinajstić information content (AvgIpc) is 3.36. The lowest BCUT2D eigenvalue weighted by molar-refractivity contribution is -0.152. The Hall–Kier alpha value is -2.67. The van der Waals surface area contributed by atoms with Gasteiger partial charge >= 0.3 is 5.97 Å². The number of anilines is 1. The first kappa shape index (κ1) is 19.6. The van der Waals surface area contributed by atoms with Crippen LogP contribution in [0.4, 0.5) is 5.00 Å². The van der Waals surface area contributed by atoms with E-state index >= 15 is 0 Å². The monoisotopic (exact) mass is 412 g/mol. The lowest BCUT2D eigenvalue weighted by atomic mass is 10.0. The van der Waals surface area contributed by atoms with Gasteiger partial charge in [0.05, 0.1) is 12.0 Å². The van der Waals surface area contributed by atoms with Crippen molar-refractivity contribution in [3.8, 4) is 0 Å². The van der Waals surface area contributed by atoms with Crippen LogP contribution in [-0.4, -0.2) is 23.9 Å². The number of hydrogen-bond acceptors (Lipinski definition) is 5. The number of carbonyl (C=O) groups excluding carboxylic acids is 3. The summed E-state index contributed by atoms with van der Waals surface area (Å²) in [4.78, 5) is 37.8. The van der Waals surface area contributed by atoms with Gasteiger partial charge in [-0.05, 0) is 67.7 Å². The van der Waals surface area contributed by atoms with Gasteiger partial charge in [0.25, 0.3) is 11.8 Å². The number of esters is 1. The molecule has 3 N–H and O–H groups in total. The first-order valence-corrected chi connectivity index (χ1v) is 10.8. The zero-order chi connectivity index (χ0) is 20.5. The first-order valence-electron chi connectivity index (χ1n) is 9.97. The third kappa shape index (κ3) is 4.05. The van der Waals surface area contributed by atoms with E-state index in [1.807, 2.05) is 6.07 Å². The second kappa shape index (κ2) is 7.99. The van der Waals surface area contributed by atoms with Crippen LogP contribution in [0, 0.1) is 0 Å². The van der Waals surface area contributed by atoms with Crippen molar-refractivity contribution in [2.45, 2.75) is 58.0 Å². The molecule has 2 amide bonds. The predicted molar refractivity (Wildman–Crippen MR) is 111 cm³/mol. The van der Waals surface area contributed by atoms with Crippen LogP contribution in [0.15, 0.2) is 18.2 Å². The number of aryl methyl sites for hydroxylation is 3. The number of carbonyl (C=O) groups is 3. The van der Waals surface area contributed by atoms with Crippen molar-refractivity contribution in [1.29, 1.82) is 0 Å². The number of thiophene rings is 1. The van der Waals surface area contributed by atoms with Crippen molar-refractivity contribution in [3.05, 3.63) is 50.9 Å². The molecule has 0 radical (unpaired) electrons. The largest absolute Gasteiger partial charge is 0.452 e. The molecular formula is C22H24N2O4S. The molecule has 0 fully saturated rings. The summed E-state index contributed by atoms with van der Waals surface area (Å²) in [5, 5.41) is 3.18. The minimum atomic E-state index is -0.963. The van der Waals surface area contributed by atoms with E-state index in [0.29, 0.717) is 10.6 Å². The number of hydrogen-bond donors (Lipinski definition) is 2. The van der Waals surface area contributed by atoms with Crippen molar-refractivity contribution < 1.29 is 19.1 Å². The van der Waals surface area contributed by atoms with E-state index in [-0.39, 0.29) is 6.42 Å². The van der Waals surface area contributed by atoms with Gasteiger partial charge in [-0.2, -0.15) is 0 Å². The summed E-state index contributed by atoms with van der Waals surface area (Å²) in [5.41, 5.74) is 10.4. The molecular weight excluding hydrogens is 388 g/mol. The van der Waals surface area contributed by atoms with Crippen molar-refractivity contribution in [3.63, 3.8) is 0 Å². The number of fused-ring (bicyclic) bond motifs is 2. The molecule has 7 heteroatoms. The van der Waals surface area contributed by atoms with E-state index in [2.05, 4.69) is 17.4 Å². The second-order valence-corrected chi connectivity index (χ2v) is 8.79. The minimum absolute atomic E-state index is 0.130. The van der Waals surface area contributed by atoms with Crippen LogP contribution in [0.1, 0.15) is 57.3 Å². The number of nitrogens with one attached hydrogen (secondary N) is 1. The summed E-state index contributed by atoms with van der Waals surface area (Å²) < 4.78 is 5.32. The number of benzene rings is 1. The SMILES string of the molecule is C[C@@H](OC(=O)Cc1ccc2c(c1)CCC2)C(=O)Nc1sc2c(c1C(N)=O)CCC2. The zero-order valence-electron chi connectivity index (χ0n) is 16.4. The molecule has 0 saturated heterocycles. The van der Waals surface area contributed by atoms with Gasteiger partial charge in [0, 0.05) is 4.88 Å². The summed E-state index contributed by atoms with van der Waals surface area (Å²) in [6.45, 7) is 1.53. The lowest BCUT2D eigenvalue weighted by Gasteiger charge is -2.14. The number of primary amides is 1. The van der Waals surface area contributed by atoms with Gasteiger partial charge in [0.15, 0.2) is 6.10 Å². The van der Waals surface area contributed by atoms with Crippen molar-refractivity contribution in [2.75, 3.05) is 5.32 Å². The summed E-state index contributed by atoms with van der Waals surface area (Å²) in [7, 11) is 0. The summed E-state index contributed by atoms with van der Waals surface area (Å²) in [6.07, 6.45) is 5.14. The van der Waals surface area contributed by atoms with E-state index < -0.39 is 23.9 Å². The molecule has 1 heterocycles. The molecule has 4 rings (SSSR count). The Morgan fingerprint density at radius 1 is 1.14 bits per heavy atom. The Morgan fingerprint density at radius 2 is 1.90 bits per heavy atom. The maximum absolute atomic E-state index is 12.5. The highest BCUT2D eigenvalue weighted by Gasteiger charge is 2.28. The number of rotatable bonds is 6. The molecule has 0 aliphatic heterocycles. The summed E-state index contributed by atoms with van der Waals surface area (Å²) in [6, 6.07) is 6.07. The molecule has 2 aliphatic carbocycles. The standard InChI is InChI=1S/C22H24N2O4S/c1-12(28-18(25)11-13-8-9-14-4-2-5-15(14)10-13)21(27)24-22-19(20(23)26)16-6-3-7-17(16)29-22/h8-10,12H,2-7,11H2,1H3,(H2,23,26)(H,24,27)/t12-/m1/s1. The van der Waals surface area contributed by atoms with E-state index in [1.165, 1.54) is 29.4 Å². The van der Waals surface area contributed by atoms with E-state index in [9.17, 15) is 14.4 Å². The molecule has 1 atom stereocenters. The highest BCUT2D eigenvalue weighted by molar-refractivity contribution is 7.17. The minimum Gasteiger partial charge on any atom is -0.452 e. The Labute approximate surface area is 173 Å². The van der Waals surface area contributed by atoms with Gasteiger partial charge in [0.2, 0.25) is 0 Å². The maximum Gasteiger partial charge on any atom is 0.311 e. The van der Waals surface area contributed by atoms with Crippen LogP contribution in [0.2, 0.25) is 0 Å². The van der Waals surface area contributed by atoms with Gasteiger partial charge in [-0.25, -0.2) is 0 Å². The normalized spacial score (nSPS) is 15.5. The topological polar surface area (TPSA) is 98.5 Å². The third-order valence-electron chi connectivity index (χ3n) is 5.59. The quantitative estimate of drug-likeness (QED) is 0.713. The predicted octanol–water partition coefficient (Wildman–Crippen LogP) is 2.94. The van der Waals surface area contributed by atoms with E-state index in [0.717, 1.165) is 54.5 Å². The summed E-state index contributed by atoms with van der Waals surface area (Å²) in [5.74, 6) is -1.45. The van der Waals surface area contributed by atoms with E-state index in [1.54, 1.807) is 0 Å². The van der Waals surface area contributed by atoms with Crippen LogP contribution in [0.5, 0.6) is 0 Å². The van der Waals surface area contributed by atoms with Gasteiger partial charge in [-0.1, -0.05) is 18.2 Å². The molecule has 1 aromatic carbocycles. The van der Waals surface area contributed by atoms with Crippen molar-refractivity contribution in [1.82, 2.24) is 0 Å². The van der Waals surface area contributed by atoms with Crippen molar-refractivity contribution >= 4 is 34.1 Å². The molecule has 29 heavy (non-hydrogen) atoms. The smallest absolute Gasteiger partial charge is 0.311 e. The van der Waals surface area contributed by atoms with Gasteiger partial charge in [-0.3, -0.25) is 14.4 Å². The number of nitrogens with two attached hydrogens (primary N) is 1. The Morgan fingerprint density at radius 3 is 2.69 bits per heavy atom. The molecule has 2 aromatic rings. The number of ether oxygens (including phenoxy) is 1. The molecule has 0 spiro atoms. The highest BCUT2D eigenvalue weighted by atomic mass is 32.1. The molecule has 0 bridgehead atoms. The van der Waals surface area contributed by atoms with Crippen molar-refractivity contribution in [2.24, 2.45) is 5.73 Å². The van der Waals surface area contributed by atoms with Gasteiger partial charge < -0.3 is 15.8 Å². The highest BCUT2D eigenvalue weighted by Crippen LogP contribution is 2.38.